The molecule has 1 fully saturated rings. The molecule has 0 spiro atoms. The fourth-order valence-electron chi connectivity index (χ4n) is 2.44. The number of hydrogen-bond donors (Lipinski definition) is 2. The van der Waals surface area contributed by atoms with Gasteiger partial charge in [0.25, 0.3) is 0 Å². The quantitative estimate of drug-likeness (QED) is 0.824. The lowest BCUT2D eigenvalue weighted by Gasteiger charge is -2.29. The van der Waals surface area contributed by atoms with Gasteiger partial charge in [0.2, 0.25) is 5.91 Å². The first-order valence-corrected chi connectivity index (χ1v) is 6.02. The normalized spacial score (nSPS) is 23.2. The molecule has 1 aliphatic heterocycles. The maximum Gasteiger partial charge on any atom is 0.246 e. The van der Waals surface area contributed by atoms with E-state index in [-0.39, 0.29) is 17.8 Å². The van der Waals surface area contributed by atoms with Gasteiger partial charge in [0.15, 0.2) is 0 Å². The topological polar surface area (TPSA) is 41.1 Å². The summed E-state index contributed by atoms with van der Waals surface area (Å²) in [5, 5.41) is 5.92. The summed E-state index contributed by atoms with van der Waals surface area (Å²) in [5.74, 6) is -0.484. The molecule has 1 atom stereocenters. The van der Waals surface area contributed by atoms with Crippen molar-refractivity contribution in [3.63, 3.8) is 0 Å². The van der Waals surface area contributed by atoms with E-state index in [0.717, 1.165) is 24.0 Å². The number of aryl methyl sites for hydroxylation is 1. The zero-order chi connectivity index (χ0) is 12.0. The number of amides is 1. The minimum Gasteiger partial charge on any atom is -0.322 e. The van der Waals surface area contributed by atoms with Crippen LogP contribution < -0.4 is 10.6 Å². The van der Waals surface area contributed by atoms with Gasteiger partial charge in [-0.25, -0.2) is 4.39 Å². The molecule has 0 radical (unpaired) electrons. The molecule has 3 rings (SSSR count). The summed E-state index contributed by atoms with van der Waals surface area (Å²) in [5.41, 5.74) is 1.94. The van der Waals surface area contributed by atoms with Crippen molar-refractivity contribution in [1.82, 2.24) is 5.32 Å². The molecule has 2 N–H and O–H groups in total. The number of benzene rings is 1. The van der Waals surface area contributed by atoms with Crippen LogP contribution in [0.1, 0.15) is 36.4 Å². The lowest BCUT2D eigenvalue weighted by molar-refractivity contribution is -0.118. The van der Waals surface area contributed by atoms with E-state index in [1.165, 1.54) is 12.5 Å². The van der Waals surface area contributed by atoms with Crippen LogP contribution in [0.5, 0.6) is 0 Å². The first-order chi connectivity index (χ1) is 8.15. The number of anilines is 1. The Kier molecular flexibility index (Phi) is 2.40. The van der Waals surface area contributed by atoms with Gasteiger partial charge >= 0.3 is 0 Å². The lowest BCUT2D eigenvalue weighted by atomic mass is 9.91. The molecule has 0 aromatic heterocycles. The van der Waals surface area contributed by atoms with Gasteiger partial charge in [-0.2, -0.15) is 0 Å². The number of fused-ring (bicyclic) bond motifs is 1. The van der Waals surface area contributed by atoms with Crippen molar-refractivity contribution in [1.29, 1.82) is 0 Å². The molecule has 1 saturated carbocycles. The summed E-state index contributed by atoms with van der Waals surface area (Å²) in [4.78, 5) is 11.8. The number of rotatable bonds is 2. The second kappa shape index (κ2) is 3.81. The van der Waals surface area contributed by atoms with Gasteiger partial charge < -0.3 is 5.32 Å². The average Bonchev–Trinajstić information content (AvgIpc) is 2.49. The van der Waals surface area contributed by atoms with Crippen molar-refractivity contribution in [3.8, 4) is 0 Å². The second-order valence-electron chi connectivity index (χ2n) is 4.93. The molecule has 17 heavy (non-hydrogen) atoms. The third-order valence-electron chi connectivity index (χ3n) is 3.59. The van der Waals surface area contributed by atoms with Crippen molar-refractivity contribution < 1.29 is 9.18 Å². The third kappa shape index (κ3) is 1.72. The van der Waals surface area contributed by atoms with Gasteiger partial charge in [0, 0.05) is 11.6 Å². The predicted molar refractivity (Wildman–Crippen MR) is 63.3 cm³/mol. The van der Waals surface area contributed by atoms with E-state index in [0.29, 0.717) is 11.7 Å². The first-order valence-electron chi connectivity index (χ1n) is 6.02. The van der Waals surface area contributed by atoms with Gasteiger partial charge in [-0.05, 0) is 31.4 Å². The standard InChI is InChI=1S/C13H15FN2O/c1-7-5-9-11(10(14)6-7)16-13(17)12(9)15-8-3-2-4-8/h5-6,8,12,15H,2-4H2,1H3,(H,16,17). The van der Waals surface area contributed by atoms with E-state index in [9.17, 15) is 9.18 Å². The highest BCUT2D eigenvalue weighted by atomic mass is 19.1. The van der Waals surface area contributed by atoms with E-state index in [1.54, 1.807) is 0 Å². The minimum absolute atomic E-state index is 0.142. The van der Waals surface area contributed by atoms with Crippen LogP contribution in [-0.2, 0) is 4.79 Å². The average molecular weight is 234 g/mol. The second-order valence-corrected chi connectivity index (χ2v) is 4.93. The minimum atomic E-state index is -0.385. The van der Waals surface area contributed by atoms with Gasteiger partial charge in [-0.15, -0.1) is 0 Å². The molecule has 0 saturated heterocycles. The molecule has 2 aliphatic rings. The smallest absolute Gasteiger partial charge is 0.246 e. The van der Waals surface area contributed by atoms with Crippen LogP contribution in [0.3, 0.4) is 0 Å². The van der Waals surface area contributed by atoms with Crippen LogP contribution in [-0.4, -0.2) is 11.9 Å². The Morgan fingerprint density at radius 2 is 2.18 bits per heavy atom. The summed E-state index contributed by atoms with van der Waals surface area (Å²) in [6.45, 7) is 1.84. The SMILES string of the molecule is Cc1cc(F)c2c(c1)C(NC1CCC1)C(=O)N2. The zero-order valence-corrected chi connectivity index (χ0v) is 9.72. The molecule has 1 aromatic carbocycles. The highest BCUT2D eigenvalue weighted by molar-refractivity contribution is 6.02. The fourth-order valence-corrected chi connectivity index (χ4v) is 2.44. The fraction of sp³-hybridized carbons (Fsp3) is 0.462. The molecule has 3 nitrogen and oxygen atoms in total. The number of hydrogen-bond acceptors (Lipinski definition) is 2. The first kappa shape index (κ1) is 10.7. The van der Waals surface area contributed by atoms with Crippen LogP contribution >= 0.6 is 0 Å². The molecule has 0 bridgehead atoms. The summed E-state index contributed by atoms with van der Waals surface area (Å²) >= 11 is 0. The van der Waals surface area contributed by atoms with E-state index >= 15 is 0 Å². The predicted octanol–water partition coefficient (Wildman–Crippen LogP) is 2.27. The number of nitrogens with one attached hydrogen (secondary N) is 2. The Morgan fingerprint density at radius 1 is 1.41 bits per heavy atom. The monoisotopic (exact) mass is 234 g/mol. The van der Waals surface area contributed by atoms with E-state index < -0.39 is 0 Å². The number of carbonyl (C=O) groups excluding carboxylic acids is 1. The Balaban J connectivity index is 1.94. The molecule has 1 amide bonds. The summed E-state index contributed by atoms with van der Waals surface area (Å²) in [7, 11) is 0. The van der Waals surface area contributed by atoms with E-state index in [4.69, 9.17) is 0 Å². The van der Waals surface area contributed by atoms with Crippen LogP contribution in [0.25, 0.3) is 0 Å². The maximum absolute atomic E-state index is 13.7. The van der Waals surface area contributed by atoms with E-state index in [2.05, 4.69) is 10.6 Å². The molecule has 1 heterocycles. The molecular weight excluding hydrogens is 219 g/mol. The van der Waals surface area contributed by atoms with Gasteiger partial charge in [0.05, 0.1) is 5.69 Å². The Morgan fingerprint density at radius 3 is 2.82 bits per heavy atom. The van der Waals surface area contributed by atoms with E-state index in [1.807, 2.05) is 13.0 Å². The van der Waals surface area contributed by atoms with Crippen molar-refractivity contribution in [3.05, 3.63) is 29.1 Å². The third-order valence-corrected chi connectivity index (χ3v) is 3.59. The van der Waals surface area contributed by atoms with Gasteiger partial charge in [-0.3, -0.25) is 10.1 Å². The summed E-state index contributed by atoms with van der Waals surface area (Å²) in [6, 6.07) is 3.35. The molecule has 90 valence electrons. The summed E-state index contributed by atoms with van der Waals surface area (Å²) < 4.78 is 13.7. The van der Waals surface area contributed by atoms with Crippen molar-refractivity contribution in [2.75, 3.05) is 5.32 Å². The maximum atomic E-state index is 13.7. The highest BCUT2D eigenvalue weighted by Crippen LogP contribution is 2.35. The van der Waals surface area contributed by atoms with Crippen molar-refractivity contribution in [2.45, 2.75) is 38.3 Å². The molecule has 1 aliphatic carbocycles. The van der Waals surface area contributed by atoms with Crippen LogP contribution in [0, 0.1) is 12.7 Å². The van der Waals surface area contributed by atoms with Gasteiger partial charge in [-0.1, -0.05) is 12.5 Å². The van der Waals surface area contributed by atoms with Crippen molar-refractivity contribution in [2.24, 2.45) is 0 Å². The Bertz CT molecular complexity index is 483. The summed E-state index contributed by atoms with van der Waals surface area (Å²) in [6.07, 6.45) is 3.42. The number of carbonyl (C=O) groups is 1. The molecular formula is C13H15FN2O. The number of halogens is 1. The molecule has 4 heteroatoms. The lowest BCUT2D eigenvalue weighted by Crippen LogP contribution is -2.40. The van der Waals surface area contributed by atoms with Crippen LogP contribution in [0.2, 0.25) is 0 Å². The van der Waals surface area contributed by atoms with Gasteiger partial charge in [0.1, 0.15) is 11.9 Å². The Hall–Kier alpha value is -1.42. The molecule has 1 aromatic rings. The zero-order valence-electron chi connectivity index (χ0n) is 9.72. The largest absolute Gasteiger partial charge is 0.322 e. The molecule has 1 unspecified atom stereocenters. The van der Waals surface area contributed by atoms with Crippen LogP contribution in [0.15, 0.2) is 12.1 Å². The Labute approximate surface area is 99.4 Å². The highest BCUT2D eigenvalue weighted by Gasteiger charge is 2.35. The van der Waals surface area contributed by atoms with Crippen LogP contribution in [0.4, 0.5) is 10.1 Å². The van der Waals surface area contributed by atoms with Crippen molar-refractivity contribution >= 4 is 11.6 Å².